The quantitative estimate of drug-likeness (QED) is 0.703. The van der Waals surface area contributed by atoms with Crippen molar-refractivity contribution in [2.75, 3.05) is 5.32 Å². The number of carboxylic acid groups (broad SMARTS) is 1. The van der Waals surface area contributed by atoms with Gasteiger partial charge < -0.3 is 15.7 Å². The number of nitrogens with one attached hydrogen (secondary N) is 2. The van der Waals surface area contributed by atoms with Crippen LogP contribution in [0.25, 0.3) is 0 Å². The zero-order chi connectivity index (χ0) is 14.6. The maximum absolute atomic E-state index is 12.9. The second-order valence-corrected chi connectivity index (χ2v) is 5.82. The summed E-state index contributed by atoms with van der Waals surface area (Å²) in [6, 6.07) is 3.44. The first-order valence-corrected chi connectivity index (χ1v) is 6.53. The Kier molecular flexibility index (Phi) is 5.10. The lowest BCUT2D eigenvalue weighted by Crippen LogP contribution is -2.46. The molecule has 1 aromatic carbocycles. The van der Waals surface area contributed by atoms with Crippen LogP contribution in [0.4, 0.5) is 14.9 Å². The fourth-order valence-corrected chi connectivity index (χ4v) is 2.09. The van der Waals surface area contributed by atoms with E-state index in [4.69, 9.17) is 5.11 Å². The number of carbonyl (C=O) groups is 2. The molecule has 0 aromatic heterocycles. The zero-order valence-electron chi connectivity index (χ0n) is 10.5. The minimum Gasteiger partial charge on any atom is -0.481 e. The molecule has 0 heterocycles. The van der Waals surface area contributed by atoms with Crippen molar-refractivity contribution in [3.05, 3.63) is 27.6 Å². The van der Waals surface area contributed by atoms with Crippen LogP contribution < -0.4 is 10.6 Å². The molecule has 0 spiro atoms. The standard InChI is InChI=1S/C12H14FIN2O3/c1-12(2,6-10(17)18)16-11(19)15-9-4-3-7(13)5-8(9)14/h3-5H,6H2,1-2H3,(H,17,18)(H2,15,16,19). The third-order valence-corrected chi connectivity index (χ3v) is 3.12. The topological polar surface area (TPSA) is 78.4 Å². The summed E-state index contributed by atoms with van der Waals surface area (Å²) in [6.45, 7) is 3.21. The molecule has 0 saturated heterocycles. The first kappa shape index (κ1) is 15.7. The summed E-state index contributed by atoms with van der Waals surface area (Å²) in [6.07, 6.45) is -0.194. The molecule has 19 heavy (non-hydrogen) atoms. The number of rotatable bonds is 4. The molecule has 0 bridgehead atoms. The summed E-state index contributed by atoms with van der Waals surface area (Å²) in [5.74, 6) is -1.39. The molecule has 0 saturated carbocycles. The number of anilines is 1. The Bertz CT molecular complexity index is 506. The number of hydrogen-bond donors (Lipinski definition) is 3. The third-order valence-electron chi connectivity index (χ3n) is 2.22. The van der Waals surface area contributed by atoms with Crippen LogP contribution >= 0.6 is 22.6 Å². The van der Waals surface area contributed by atoms with Gasteiger partial charge in [0, 0.05) is 9.11 Å². The van der Waals surface area contributed by atoms with E-state index in [9.17, 15) is 14.0 Å². The number of carboxylic acids is 1. The number of halogens is 2. The molecule has 0 unspecified atom stereocenters. The Balaban J connectivity index is 2.67. The fraction of sp³-hybridized carbons (Fsp3) is 0.333. The van der Waals surface area contributed by atoms with E-state index in [1.807, 2.05) is 22.6 Å². The lowest BCUT2D eigenvalue weighted by molar-refractivity contribution is -0.138. The fourth-order valence-electron chi connectivity index (χ4n) is 1.47. The van der Waals surface area contributed by atoms with Gasteiger partial charge in [0.15, 0.2) is 0 Å². The summed E-state index contributed by atoms with van der Waals surface area (Å²) in [4.78, 5) is 22.4. The first-order chi connectivity index (χ1) is 8.69. The number of benzene rings is 1. The van der Waals surface area contributed by atoms with Crippen LogP contribution in [-0.4, -0.2) is 22.6 Å². The number of urea groups is 1. The predicted octanol–water partition coefficient (Wildman–Crippen LogP) is 2.81. The minimum atomic E-state index is -0.998. The monoisotopic (exact) mass is 380 g/mol. The number of aliphatic carboxylic acids is 1. The van der Waals surface area contributed by atoms with Gasteiger partial charge in [0.05, 0.1) is 12.1 Å². The van der Waals surface area contributed by atoms with Crippen LogP contribution in [0.5, 0.6) is 0 Å². The molecule has 0 aliphatic rings. The van der Waals surface area contributed by atoms with Gasteiger partial charge in [-0.2, -0.15) is 0 Å². The van der Waals surface area contributed by atoms with Gasteiger partial charge in [-0.25, -0.2) is 9.18 Å². The van der Waals surface area contributed by atoms with Gasteiger partial charge in [-0.3, -0.25) is 4.79 Å². The Hall–Kier alpha value is -1.38. The maximum atomic E-state index is 12.9. The van der Waals surface area contributed by atoms with Crippen LogP contribution in [0, 0.1) is 9.39 Å². The molecule has 1 rings (SSSR count). The van der Waals surface area contributed by atoms with E-state index in [1.54, 1.807) is 13.8 Å². The summed E-state index contributed by atoms with van der Waals surface area (Å²) in [5, 5.41) is 13.8. The molecule has 7 heteroatoms. The van der Waals surface area contributed by atoms with E-state index in [0.29, 0.717) is 9.26 Å². The van der Waals surface area contributed by atoms with E-state index < -0.39 is 17.5 Å². The maximum Gasteiger partial charge on any atom is 0.319 e. The van der Waals surface area contributed by atoms with Crippen LogP contribution in [0.1, 0.15) is 20.3 Å². The molecule has 0 fully saturated rings. The van der Waals surface area contributed by atoms with Crippen molar-refractivity contribution in [3.8, 4) is 0 Å². The molecule has 104 valence electrons. The van der Waals surface area contributed by atoms with Crippen molar-refractivity contribution in [1.29, 1.82) is 0 Å². The molecule has 0 aliphatic heterocycles. The van der Waals surface area contributed by atoms with Crippen molar-refractivity contribution in [2.45, 2.75) is 25.8 Å². The molecule has 0 aliphatic carbocycles. The molecule has 0 atom stereocenters. The highest BCUT2D eigenvalue weighted by Crippen LogP contribution is 2.19. The largest absolute Gasteiger partial charge is 0.481 e. The lowest BCUT2D eigenvalue weighted by atomic mass is 10.0. The molecule has 0 radical (unpaired) electrons. The van der Waals surface area contributed by atoms with E-state index in [-0.39, 0.29) is 12.2 Å². The molecule has 3 N–H and O–H groups in total. The van der Waals surface area contributed by atoms with Gasteiger partial charge in [-0.1, -0.05) is 0 Å². The van der Waals surface area contributed by atoms with E-state index in [0.717, 1.165) is 0 Å². The predicted molar refractivity (Wildman–Crippen MR) is 77.6 cm³/mol. The highest BCUT2D eigenvalue weighted by atomic mass is 127. The van der Waals surface area contributed by atoms with Crippen LogP contribution in [0.3, 0.4) is 0 Å². The average Bonchev–Trinajstić information content (AvgIpc) is 2.19. The van der Waals surface area contributed by atoms with Gasteiger partial charge in [-0.05, 0) is 54.6 Å². The van der Waals surface area contributed by atoms with Crippen molar-refractivity contribution >= 4 is 40.3 Å². The smallest absolute Gasteiger partial charge is 0.319 e. The van der Waals surface area contributed by atoms with Gasteiger partial charge in [0.25, 0.3) is 0 Å². The van der Waals surface area contributed by atoms with E-state index in [1.165, 1.54) is 18.2 Å². The van der Waals surface area contributed by atoms with E-state index in [2.05, 4.69) is 10.6 Å². The van der Waals surface area contributed by atoms with Crippen LogP contribution in [0.15, 0.2) is 18.2 Å². The molecule has 1 aromatic rings. The highest BCUT2D eigenvalue weighted by Gasteiger charge is 2.24. The molecule has 2 amide bonds. The van der Waals surface area contributed by atoms with Crippen LogP contribution in [0.2, 0.25) is 0 Å². The van der Waals surface area contributed by atoms with Gasteiger partial charge in [-0.15, -0.1) is 0 Å². The lowest BCUT2D eigenvalue weighted by Gasteiger charge is -2.24. The summed E-state index contributed by atoms with van der Waals surface area (Å²) in [5.41, 5.74) is -0.410. The van der Waals surface area contributed by atoms with E-state index >= 15 is 0 Å². The Morgan fingerprint density at radius 1 is 1.42 bits per heavy atom. The Morgan fingerprint density at radius 2 is 2.05 bits per heavy atom. The number of amides is 2. The zero-order valence-corrected chi connectivity index (χ0v) is 12.6. The highest BCUT2D eigenvalue weighted by molar-refractivity contribution is 14.1. The normalized spacial score (nSPS) is 10.9. The molecular weight excluding hydrogens is 366 g/mol. The van der Waals surface area contributed by atoms with Gasteiger partial charge in [0.2, 0.25) is 0 Å². The van der Waals surface area contributed by atoms with Crippen molar-refractivity contribution in [1.82, 2.24) is 5.32 Å². The van der Waals surface area contributed by atoms with Crippen LogP contribution in [-0.2, 0) is 4.79 Å². The van der Waals surface area contributed by atoms with Gasteiger partial charge >= 0.3 is 12.0 Å². The molecular formula is C12H14FIN2O3. The second-order valence-electron chi connectivity index (χ2n) is 4.66. The van der Waals surface area contributed by atoms with Crippen molar-refractivity contribution in [3.63, 3.8) is 0 Å². The minimum absolute atomic E-state index is 0.194. The van der Waals surface area contributed by atoms with Crippen molar-refractivity contribution in [2.24, 2.45) is 0 Å². The third kappa shape index (κ3) is 5.41. The summed E-state index contributed by atoms with van der Waals surface area (Å²) >= 11 is 1.90. The Morgan fingerprint density at radius 3 is 2.58 bits per heavy atom. The van der Waals surface area contributed by atoms with Gasteiger partial charge in [0.1, 0.15) is 5.82 Å². The first-order valence-electron chi connectivity index (χ1n) is 5.45. The van der Waals surface area contributed by atoms with Crippen molar-refractivity contribution < 1.29 is 19.1 Å². The average molecular weight is 380 g/mol. The number of carbonyl (C=O) groups excluding carboxylic acids is 1. The summed E-state index contributed by atoms with van der Waals surface area (Å²) in [7, 11) is 0. The SMILES string of the molecule is CC(C)(CC(=O)O)NC(=O)Nc1ccc(F)cc1I. The molecule has 5 nitrogen and oxygen atoms in total. The second kappa shape index (κ2) is 6.18. The summed E-state index contributed by atoms with van der Waals surface area (Å²) < 4.78 is 13.5. The number of hydrogen-bond acceptors (Lipinski definition) is 2. The Labute approximate surface area is 123 Å².